The number of rotatable bonds is 9. The lowest BCUT2D eigenvalue weighted by atomic mass is 9.91. The third-order valence-electron chi connectivity index (χ3n) is 6.15. The van der Waals surface area contributed by atoms with Crippen LogP contribution in [0.15, 0.2) is 0 Å². The van der Waals surface area contributed by atoms with Gasteiger partial charge in [0, 0.05) is 12.6 Å². The molecule has 3 nitrogen and oxygen atoms in total. The molecule has 0 aromatic rings. The van der Waals surface area contributed by atoms with Crippen molar-refractivity contribution in [2.45, 2.75) is 84.8 Å². The summed E-state index contributed by atoms with van der Waals surface area (Å²) in [7, 11) is 0. The Morgan fingerprint density at radius 3 is 2.00 bits per heavy atom. The summed E-state index contributed by atoms with van der Waals surface area (Å²) in [6, 6.07) is 0.734. The third kappa shape index (κ3) is 7.41. The molecule has 0 amide bonds. The lowest BCUT2D eigenvalue weighted by Gasteiger charge is -2.35. The molecule has 0 unspecified atom stereocenters. The Kier molecular flexibility index (Phi) is 9.07. The van der Waals surface area contributed by atoms with Crippen molar-refractivity contribution >= 4 is 0 Å². The predicted octanol–water partition coefficient (Wildman–Crippen LogP) is 4.41. The molecular formula is C21H42N2O. The van der Waals surface area contributed by atoms with E-state index in [1.807, 2.05) is 0 Å². The van der Waals surface area contributed by atoms with Gasteiger partial charge < -0.3 is 14.5 Å². The minimum absolute atomic E-state index is 0.387. The molecule has 0 N–H and O–H groups in total. The zero-order chi connectivity index (χ0) is 17.4. The fourth-order valence-electron chi connectivity index (χ4n) is 4.33. The first-order valence-electron chi connectivity index (χ1n) is 10.6. The van der Waals surface area contributed by atoms with Crippen molar-refractivity contribution in [1.82, 2.24) is 9.80 Å². The minimum atomic E-state index is 0.387. The molecule has 2 heterocycles. The van der Waals surface area contributed by atoms with E-state index in [1.54, 1.807) is 0 Å². The Hall–Kier alpha value is -0.120. The van der Waals surface area contributed by atoms with Crippen LogP contribution in [0.2, 0.25) is 0 Å². The molecule has 142 valence electrons. The average molecular weight is 339 g/mol. The maximum absolute atomic E-state index is 5.71. The van der Waals surface area contributed by atoms with E-state index in [2.05, 4.69) is 37.5 Å². The fourth-order valence-corrected chi connectivity index (χ4v) is 4.33. The van der Waals surface area contributed by atoms with Crippen LogP contribution in [-0.2, 0) is 4.74 Å². The van der Waals surface area contributed by atoms with E-state index in [0.717, 1.165) is 24.5 Å². The van der Waals surface area contributed by atoms with Gasteiger partial charge in [-0.2, -0.15) is 0 Å². The molecule has 0 saturated carbocycles. The van der Waals surface area contributed by atoms with Crippen LogP contribution in [0.5, 0.6) is 0 Å². The lowest BCUT2D eigenvalue weighted by molar-refractivity contribution is 0.0590. The van der Waals surface area contributed by atoms with Gasteiger partial charge in [0.2, 0.25) is 0 Å². The quantitative estimate of drug-likeness (QED) is 0.619. The van der Waals surface area contributed by atoms with Crippen LogP contribution < -0.4 is 0 Å². The first-order valence-corrected chi connectivity index (χ1v) is 10.6. The molecule has 0 radical (unpaired) electrons. The first-order chi connectivity index (χ1) is 11.5. The minimum Gasteiger partial charge on any atom is -0.379 e. The lowest BCUT2D eigenvalue weighted by Crippen LogP contribution is -2.38. The second kappa shape index (κ2) is 10.8. The molecule has 0 aromatic heterocycles. The third-order valence-corrected chi connectivity index (χ3v) is 6.15. The van der Waals surface area contributed by atoms with Crippen LogP contribution in [0.25, 0.3) is 0 Å². The van der Waals surface area contributed by atoms with E-state index in [9.17, 15) is 0 Å². The standard InChI is InChI=1S/C21H42N2O/c1-18(2)23-15-9-20(10-16-23)6-5-12-22-13-7-21(8-14-22)11-17-24-19(3)4/h18-21H,5-17H2,1-4H3. The zero-order valence-corrected chi connectivity index (χ0v) is 16.8. The topological polar surface area (TPSA) is 15.7 Å². The molecule has 2 saturated heterocycles. The smallest absolute Gasteiger partial charge is 0.0518 e. The molecule has 2 aliphatic heterocycles. The van der Waals surface area contributed by atoms with Gasteiger partial charge in [0.05, 0.1) is 6.10 Å². The number of hydrogen-bond acceptors (Lipinski definition) is 3. The highest BCUT2D eigenvalue weighted by Crippen LogP contribution is 2.25. The Morgan fingerprint density at radius 1 is 0.833 bits per heavy atom. The highest BCUT2D eigenvalue weighted by Gasteiger charge is 2.22. The molecule has 0 atom stereocenters. The van der Waals surface area contributed by atoms with Crippen LogP contribution in [0.4, 0.5) is 0 Å². The number of ether oxygens (including phenoxy) is 1. The zero-order valence-electron chi connectivity index (χ0n) is 16.8. The van der Waals surface area contributed by atoms with Crippen molar-refractivity contribution in [3.8, 4) is 0 Å². The van der Waals surface area contributed by atoms with Crippen molar-refractivity contribution in [3.05, 3.63) is 0 Å². The molecule has 0 aliphatic carbocycles. The van der Waals surface area contributed by atoms with Crippen LogP contribution >= 0.6 is 0 Å². The van der Waals surface area contributed by atoms with Crippen LogP contribution in [0.3, 0.4) is 0 Å². The fraction of sp³-hybridized carbons (Fsp3) is 1.00. The number of hydrogen-bond donors (Lipinski definition) is 0. The van der Waals surface area contributed by atoms with Crippen LogP contribution in [0.1, 0.15) is 72.6 Å². The number of nitrogens with zero attached hydrogens (tertiary/aromatic N) is 2. The summed E-state index contributed by atoms with van der Waals surface area (Å²) in [5, 5.41) is 0. The molecule has 0 bridgehead atoms. The van der Waals surface area contributed by atoms with E-state index in [-0.39, 0.29) is 0 Å². The average Bonchev–Trinajstić information content (AvgIpc) is 2.56. The van der Waals surface area contributed by atoms with Gasteiger partial charge in [-0.05, 0) is 117 Å². The van der Waals surface area contributed by atoms with Gasteiger partial charge in [-0.3, -0.25) is 0 Å². The van der Waals surface area contributed by atoms with E-state index in [1.165, 1.54) is 77.7 Å². The predicted molar refractivity (Wildman–Crippen MR) is 104 cm³/mol. The highest BCUT2D eigenvalue weighted by molar-refractivity contribution is 4.76. The molecule has 2 aliphatic rings. The van der Waals surface area contributed by atoms with Gasteiger partial charge in [0.25, 0.3) is 0 Å². The van der Waals surface area contributed by atoms with Crippen molar-refractivity contribution < 1.29 is 4.74 Å². The molecule has 24 heavy (non-hydrogen) atoms. The summed E-state index contributed by atoms with van der Waals surface area (Å²) in [5.41, 5.74) is 0. The highest BCUT2D eigenvalue weighted by atomic mass is 16.5. The molecule has 2 fully saturated rings. The van der Waals surface area contributed by atoms with Gasteiger partial charge in [-0.15, -0.1) is 0 Å². The largest absolute Gasteiger partial charge is 0.379 e. The number of likely N-dealkylation sites (tertiary alicyclic amines) is 2. The normalized spacial score (nSPS) is 22.8. The monoisotopic (exact) mass is 338 g/mol. The van der Waals surface area contributed by atoms with Gasteiger partial charge in [-0.25, -0.2) is 0 Å². The van der Waals surface area contributed by atoms with Gasteiger partial charge in [0.15, 0.2) is 0 Å². The van der Waals surface area contributed by atoms with Crippen molar-refractivity contribution in [3.63, 3.8) is 0 Å². The maximum atomic E-state index is 5.71. The van der Waals surface area contributed by atoms with E-state index in [4.69, 9.17) is 4.74 Å². The Bertz CT molecular complexity index is 316. The first kappa shape index (κ1) is 20.2. The summed E-state index contributed by atoms with van der Waals surface area (Å²) in [6.07, 6.45) is 10.1. The van der Waals surface area contributed by atoms with Crippen molar-refractivity contribution in [2.24, 2.45) is 11.8 Å². The Labute approximate surface area is 151 Å². The maximum Gasteiger partial charge on any atom is 0.0518 e. The molecule has 0 aromatic carbocycles. The summed E-state index contributed by atoms with van der Waals surface area (Å²) in [5.74, 6) is 1.89. The Morgan fingerprint density at radius 2 is 1.42 bits per heavy atom. The molecular weight excluding hydrogens is 296 g/mol. The molecule has 0 spiro atoms. The van der Waals surface area contributed by atoms with Crippen LogP contribution in [0, 0.1) is 11.8 Å². The summed E-state index contributed by atoms with van der Waals surface area (Å²) >= 11 is 0. The second-order valence-electron chi connectivity index (χ2n) is 8.71. The van der Waals surface area contributed by atoms with Crippen LogP contribution in [-0.4, -0.2) is 61.3 Å². The van der Waals surface area contributed by atoms with Gasteiger partial charge in [0.1, 0.15) is 0 Å². The Balaban J connectivity index is 1.49. The summed E-state index contributed by atoms with van der Waals surface area (Å²) in [6.45, 7) is 16.5. The summed E-state index contributed by atoms with van der Waals surface area (Å²) in [4.78, 5) is 5.35. The van der Waals surface area contributed by atoms with E-state index < -0.39 is 0 Å². The van der Waals surface area contributed by atoms with Gasteiger partial charge >= 0.3 is 0 Å². The van der Waals surface area contributed by atoms with Gasteiger partial charge in [-0.1, -0.05) is 0 Å². The van der Waals surface area contributed by atoms with E-state index >= 15 is 0 Å². The molecule has 3 heteroatoms. The SMILES string of the molecule is CC(C)OCCC1CCN(CCCC2CCN(C(C)C)CC2)CC1. The summed E-state index contributed by atoms with van der Waals surface area (Å²) < 4.78 is 5.71. The number of piperidine rings is 2. The van der Waals surface area contributed by atoms with Crippen molar-refractivity contribution in [2.75, 3.05) is 39.3 Å². The van der Waals surface area contributed by atoms with Crippen molar-refractivity contribution in [1.29, 1.82) is 0 Å². The molecule has 2 rings (SSSR count). The second-order valence-corrected chi connectivity index (χ2v) is 8.71. The van der Waals surface area contributed by atoms with E-state index in [0.29, 0.717) is 6.10 Å².